The van der Waals surface area contributed by atoms with Crippen LogP contribution in [0.3, 0.4) is 0 Å². The van der Waals surface area contributed by atoms with Gasteiger partial charge < -0.3 is 19.4 Å². The average Bonchev–Trinajstić information content (AvgIpc) is 2.67. The Balaban J connectivity index is 3.14. The molecule has 0 radical (unpaired) electrons. The fourth-order valence-electron chi connectivity index (χ4n) is 1.99. The molecule has 0 aromatic heterocycles. The zero-order valence-electron chi connectivity index (χ0n) is 14.9. The Morgan fingerprint density at radius 3 is 2.27 bits per heavy atom. The topological polar surface area (TPSA) is 81.2 Å². The lowest BCUT2D eigenvalue weighted by Crippen LogP contribution is -2.52. The third-order valence-electron chi connectivity index (χ3n) is 4.33. The van der Waals surface area contributed by atoms with Crippen molar-refractivity contribution in [1.29, 1.82) is 0 Å². The van der Waals surface area contributed by atoms with Crippen LogP contribution in [0.15, 0.2) is 0 Å². The summed E-state index contributed by atoms with van der Waals surface area (Å²) in [6, 6.07) is 0. The Morgan fingerprint density at radius 2 is 1.95 bits per heavy atom. The molecule has 1 fully saturated rings. The molecule has 126 valence electrons. The summed E-state index contributed by atoms with van der Waals surface area (Å²) in [5, 5.41) is -0.0441. The number of rotatable bonds is 5. The van der Waals surface area contributed by atoms with Crippen LogP contribution in [0.5, 0.6) is 0 Å². The van der Waals surface area contributed by atoms with Crippen LogP contribution < -0.4 is 0 Å². The van der Waals surface area contributed by atoms with Gasteiger partial charge in [0.2, 0.25) is 5.78 Å². The fourth-order valence-corrected chi connectivity index (χ4v) is 3.25. The van der Waals surface area contributed by atoms with Crippen LogP contribution in [0.1, 0.15) is 41.5 Å². The first-order chi connectivity index (χ1) is 9.81. The van der Waals surface area contributed by atoms with E-state index in [4.69, 9.17) is 13.9 Å². The zero-order chi connectivity index (χ0) is 17.3. The van der Waals surface area contributed by atoms with Gasteiger partial charge in [0.1, 0.15) is 6.10 Å². The third-order valence-corrected chi connectivity index (χ3v) is 8.79. The van der Waals surface area contributed by atoms with Crippen molar-refractivity contribution in [2.45, 2.75) is 77.7 Å². The van der Waals surface area contributed by atoms with Gasteiger partial charge >= 0.3 is 5.71 Å². The van der Waals surface area contributed by atoms with Gasteiger partial charge in [0, 0.05) is 6.92 Å². The minimum absolute atomic E-state index is 0.0175. The predicted octanol–water partition coefficient (Wildman–Crippen LogP) is 2.79. The SMILES string of the molecule is CC(=O)C(=[N+]=[N-])[C@H](O[Si](C)(C)C(C)(C)C)[C@H]1COC(C)(C)O1. The number of ether oxygens (including phenoxy) is 2. The summed E-state index contributed by atoms with van der Waals surface area (Å²) in [7, 11) is -2.19. The lowest BCUT2D eigenvalue weighted by Gasteiger charge is -2.39. The van der Waals surface area contributed by atoms with Crippen molar-refractivity contribution in [3.05, 3.63) is 5.53 Å². The number of Topliss-reactive ketones (excluding diaryl/α,β-unsaturated/α-hetero) is 1. The predicted molar refractivity (Wildman–Crippen MR) is 86.3 cm³/mol. The molecule has 0 aromatic carbocycles. The van der Waals surface area contributed by atoms with Crippen molar-refractivity contribution in [3.63, 3.8) is 0 Å². The van der Waals surface area contributed by atoms with E-state index in [1.807, 2.05) is 0 Å². The van der Waals surface area contributed by atoms with E-state index >= 15 is 0 Å². The van der Waals surface area contributed by atoms with Gasteiger partial charge in [-0.3, -0.25) is 4.79 Å². The minimum Gasteiger partial charge on any atom is -0.401 e. The molecule has 1 heterocycles. The standard InChI is InChI=1S/C15H28N2O4Si/c1-10(18)12(17-16)13(11-9-19-15(5,6)20-11)21-22(7,8)14(2,3)4/h11,13H,9H2,1-8H3/t11-,13-/m1/s1. The molecule has 0 spiro atoms. The van der Waals surface area contributed by atoms with Gasteiger partial charge in [-0.15, -0.1) is 0 Å². The fraction of sp³-hybridized carbons (Fsp3) is 0.867. The van der Waals surface area contributed by atoms with Gasteiger partial charge in [-0.1, -0.05) is 20.8 Å². The molecule has 0 saturated carbocycles. The number of nitrogens with zero attached hydrogens (tertiary/aromatic N) is 2. The van der Waals surface area contributed by atoms with Crippen LogP contribution in [0.2, 0.25) is 18.1 Å². The summed E-state index contributed by atoms with van der Waals surface area (Å²) >= 11 is 0. The number of ketones is 1. The maximum atomic E-state index is 11.8. The molecular weight excluding hydrogens is 300 g/mol. The number of carbonyl (C=O) groups excluding carboxylic acids is 1. The van der Waals surface area contributed by atoms with Crippen molar-refractivity contribution in [2.24, 2.45) is 0 Å². The third kappa shape index (κ3) is 4.33. The van der Waals surface area contributed by atoms with Crippen LogP contribution in [0.4, 0.5) is 0 Å². The second-order valence-corrected chi connectivity index (χ2v) is 12.5. The highest BCUT2D eigenvalue weighted by atomic mass is 28.4. The van der Waals surface area contributed by atoms with Crippen LogP contribution in [0.25, 0.3) is 5.53 Å². The maximum absolute atomic E-state index is 11.8. The summed E-state index contributed by atoms with van der Waals surface area (Å²) in [4.78, 5) is 15.0. The summed E-state index contributed by atoms with van der Waals surface area (Å²) < 4.78 is 17.7. The molecule has 1 aliphatic rings. The van der Waals surface area contributed by atoms with Crippen LogP contribution in [0, 0.1) is 0 Å². The normalized spacial score (nSPS) is 23.0. The molecule has 1 saturated heterocycles. The number of hydrogen-bond donors (Lipinski definition) is 0. The number of carbonyl (C=O) groups is 1. The highest BCUT2D eigenvalue weighted by molar-refractivity contribution is 6.74. The first kappa shape index (κ1) is 19.2. The van der Waals surface area contributed by atoms with Crippen molar-refractivity contribution in [1.82, 2.24) is 0 Å². The van der Waals surface area contributed by atoms with Crippen molar-refractivity contribution in [2.75, 3.05) is 6.61 Å². The van der Waals surface area contributed by atoms with Crippen molar-refractivity contribution in [3.8, 4) is 0 Å². The van der Waals surface area contributed by atoms with Crippen LogP contribution in [-0.2, 0) is 18.7 Å². The molecule has 0 unspecified atom stereocenters. The second kappa shape index (κ2) is 6.33. The molecule has 6 nitrogen and oxygen atoms in total. The van der Waals surface area contributed by atoms with E-state index in [-0.39, 0.29) is 16.5 Å². The molecule has 2 atom stereocenters. The molecule has 0 N–H and O–H groups in total. The Hall–Kier alpha value is -0.853. The molecule has 7 heteroatoms. The Bertz CT molecular complexity index is 490. The van der Waals surface area contributed by atoms with Crippen LogP contribution in [-0.4, -0.2) is 49.2 Å². The highest BCUT2D eigenvalue weighted by Gasteiger charge is 2.49. The minimum atomic E-state index is -2.19. The Labute approximate surface area is 133 Å². The molecule has 1 aliphatic heterocycles. The highest BCUT2D eigenvalue weighted by Crippen LogP contribution is 2.39. The van der Waals surface area contributed by atoms with Gasteiger partial charge in [0.25, 0.3) is 0 Å². The van der Waals surface area contributed by atoms with Gasteiger partial charge in [-0.05, 0) is 32.0 Å². The van der Waals surface area contributed by atoms with Crippen molar-refractivity contribution < 1.29 is 23.5 Å². The number of hydrogen-bond acceptors (Lipinski definition) is 4. The van der Waals surface area contributed by atoms with Gasteiger partial charge in [0.15, 0.2) is 20.2 Å². The van der Waals surface area contributed by atoms with E-state index in [1.165, 1.54) is 6.92 Å². The monoisotopic (exact) mass is 328 g/mol. The van der Waals surface area contributed by atoms with E-state index in [0.29, 0.717) is 6.61 Å². The van der Waals surface area contributed by atoms with E-state index in [2.05, 4.69) is 38.7 Å². The summed E-state index contributed by atoms with van der Waals surface area (Å²) in [6.45, 7) is 15.7. The van der Waals surface area contributed by atoms with Crippen LogP contribution >= 0.6 is 0 Å². The summed E-state index contributed by atoms with van der Waals surface area (Å²) in [6.07, 6.45) is -1.20. The van der Waals surface area contributed by atoms with Gasteiger partial charge in [-0.25, -0.2) is 0 Å². The van der Waals surface area contributed by atoms with E-state index < -0.39 is 26.3 Å². The second-order valence-electron chi connectivity index (χ2n) is 7.71. The summed E-state index contributed by atoms with van der Waals surface area (Å²) in [5.41, 5.74) is 9.25. The zero-order valence-corrected chi connectivity index (χ0v) is 15.9. The molecular formula is C15H28N2O4Si. The lowest BCUT2D eigenvalue weighted by molar-refractivity contribution is -0.148. The Kier molecular flexibility index (Phi) is 5.53. The molecule has 1 rings (SSSR count). The van der Waals surface area contributed by atoms with Gasteiger partial charge in [-0.2, -0.15) is 4.79 Å². The summed E-state index contributed by atoms with van der Waals surface area (Å²) in [5.74, 6) is -1.07. The first-order valence-electron chi connectivity index (χ1n) is 7.53. The van der Waals surface area contributed by atoms with E-state index in [1.54, 1.807) is 13.8 Å². The smallest absolute Gasteiger partial charge is 0.364 e. The molecule has 0 aliphatic carbocycles. The molecule has 0 bridgehead atoms. The van der Waals surface area contributed by atoms with Crippen molar-refractivity contribution >= 4 is 19.8 Å². The van der Waals surface area contributed by atoms with E-state index in [9.17, 15) is 10.3 Å². The maximum Gasteiger partial charge on any atom is 0.364 e. The first-order valence-corrected chi connectivity index (χ1v) is 10.4. The molecule has 0 amide bonds. The lowest BCUT2D eigenvalue weighted by atomic mass is 10.1. The average molecular weight is 328 g/mol. The molecule has 22 heavy (non-hydrogen) atoms. The Morgan fingerprint density at radius 1 is 1.41 bits per heavy atom. The van der Waals surface area contributed by atoms with Gasteiger partial charge in [0.05, 0.1) is 6.61 Å². The largest absolute Gasteiger partial charge is 0.401 e. The quantitative estimate of drug-likeness (QED) is 0.336. The molecule has 0 aromatic rings. The van der Waals surface area contributed by atoms with E-state index in [0.717, 1.165) is 0 Å².